The van der Waals surface area contributed by atoms with Crippen molar-refractivity contribution in [2.75, 3.05) is 26.7 Å². The van der Waals surface area contributed by atoms with Crippen molar-refractivity contribution >= 4 is 0 Å². The third kappa shape index (κ3) is 3.10. The van der Waals surface area contributed by atoms with Gasteiger partial charge in [-0.05, 0) is 49.4 Å². The average Bonchev–Trinajstić information content (AvgIpc) is 2.81. The van der Waals surface area contributed by atoms with Gasteiger partial charge in [-0.1, -0.05) is 12.1 Å². The van der Waals surface area contributed by atoms with Crippen LogP contribution in [0.2, 0.25) is 0 Å². The molecule has 0 unspecified atom stereocenters. The van der Waals surface area contributed by atoms with Crippen LogP contribution in [-0.2, 0) is 12.8 Å². The van der Waals surface area contributed by atoms with Gasteiger partial charge in [0.1, 0.15) is 5.75 Å². The van der Waals surface area contributed by atoms with Crippen LogP contribution in [-0.4, -0.2) is 42.9 Å². The largest absolute Gasteiger partial charge is 0.493 e. The van der Waals surface area contributed by atoms with E-state index in [9.17, 15) is 5.11 Å². The number of likely N-dealkylation sites (N-methyl/N-ethyl adjacent to an activating group) is 1. The fraction of sp³-hybridized carbons (Fsp3) is 0.625. The van der Waals surface area contributed by atoms with Crippen molar-refractivity contribution in [3.8, 4) is 5.75 Å². The van der Waals surface area contributed by atoms with Gasteiger partial charge in [-0.15, -0.1) is 0 Å². The van der Waals surface area contributed by atoms with Gasteiger partial charge in [0.05, 0.1) is 12.7 Å². The smallest absolute Gasteiger partial charge is 0.122 e. The summed E-state index contributed by atoms with van der Waals surface area (Å²) in [7, 11) is 2.18. The Labute approximate surface area is 115 Å². The Bertz CT molecular complexity index is 440. The van der Waals surface area contributed by atoms with E-state index in [-0.39, 0.29) is 6.10 Å². The average molecular weight is 261 g/mol. The van der Waals surface area contributed by atoms with Crippen molar-refractivity contribution in [1.82, 2.24) is 4.90 Å². The van der Waals surface area contributed by atoms with E-state index in [4.69, 9.17) is 4.74 Å². The molecule has 1 N–H and O–H groups in total. The number of hydrogen-bond acceptors (Lipinski definition) is 3. The molecule has 1 aromatic rings. The minimum absolute atomic E-state index is 0.0323. The molecular weight excluding hydrogens is 238 g/mol. The Balaban J connectivity index is 1.46. The summed E-state index contributed by atoms with van der Waals surface area (Å²) in [5.41, 5.74) is 2.77. The summed E-state index contributed by atoms with van der Waals surface area (Å²) in [6.07, 6.45) is 4.09. The molecule has 0 bridgehead atoms. The second-order valence-electron chi connectivity index (χ2n) is 6.04. The topological polar surface area (TPSA) is 32.7 Å². The Morgan fingerprint density at radius 2 is 2.21 bits per heavy atom. The van der Waals surface area contributed by atoms with Gasteiger partial charge in [0.15, 0.2) is 0 Å². The van der Waals surface area contributed by atoms with Crippen LogP contribution in [0.15, 0.2) is 18.2 Å². The quantitative estimate of drug-likeness (QED) is 0.878. The van der Waals surface area contributed by atoms with Gasteiger partial charge in [-0.25, -0.2) is 0 Å². The number of nitrogens with zero attached hydrogens (tertiary/aromatic N) is 1. The molecule has 2 aliphatic rings. The highest BCUT2D eigenvalue weighted by Crippen LogP contribution is 2.28. The van der Waals surface area contributed by atoms with Crippen LogP contribution in [0.4, 0.5) is 0 Å². The number of aliphatic hydroxyl groups excluding tert-OH is 1. The van der Waals surface area contributed by atoms with Crippen molar-refractivity contribution in [3.63, 3.8) is 0 Å². The van der Waals surface area contributed by atoms with Gasteiger partial charge >= 0.3 is 0 Å². The van der Waals surface area contributed by atoms with Gasteiger partial charge in [0.2, 0.25) is 0 Å². The maximum atomic E-state index is 9.30. The highest BCUT2D eigenvalue weighted by molar-refractivity contribution is 5.39. The van der Waals surface area contributed by atoms with E-state index in [0.29, 0.717) is 5.92 Å². The molecule has 0 atom stereocenters. The van der Waals surface area contributed by atoms with Crippen LogP contribution in [0.1, 0.15) is 24.0 Å². The molecule has 1 aliphatic carbocycles. The van der Waals surface area contributed by atoms with Gasteiger partial charge in [0, 0.05) is 19.5 Å². The van der Waals surface area contributed by atoms with E-state index in [1.54, 1.807) is 0 Å². The Morgan fingerprint density at radius 3 is 3.00 bits per heavy atom. The lowest BCUT2D eigenvalue weighted by Gasteiger charge is -2.34. The number of hydrogen-bond donors (Lipinski definition) is 1. The van der Waals surface area contributed by atoms with Crippen LogP contribution in [0.5, 0.6) is 5.75 Å². The molecule has 0 spiro atoms. The number of aliphatic hydroxyl groups is 1. The van der Waals surface area contributed by atoms with Gasteiger partial charge < -0.3 is 14.7 Å². The minimum atomic E-state index is -0.0323. The monoisotopic (exact) mass is 261 g/mol. The normalized spacial score (nSPS) is 25.0. The van der Waals surface area contributed by atoms with Crippen LogP contribution in [0, 0.1) is 5.92 Å². The SMILES string of the molecule is CN(CCc1ccc2c(c1)CCO2)CC1CC(O)C1. The summed E-state index contributed by atoms with van der Waals surface area (Å²) in [6.45, 7) is 3.04. The first kappa shape index (κ1) is 12.9. The zero-order valence-corrected chi connectivity index (χ0v) is 11.6. The second-order valence-corrected chi connectivity index (χ2v) is 6.04. The first-order chi connectivity index (χ1) is 9.20. The zero-order chi connectivity index (χ0) is 13.2. The van der Waals surface area contributed by atoms with E-state index >= 15 is 0 Å². The molecule has 104 valence electrons. The van der Waals surface area contributed by atoms with Crippen molar-refractivity contribution in [1.29, 1.82) is 0 Å². The van der Waals surface area contributed by atoms with E-state index in [1.807, 2.05) is 0 Å². The molecule has 3 nitrogen and oxygen atoms in total. The third-order valence-corrected chi connectivity index (χ3v) is 4.32. The maximum Gasteiger partial charge on any atom is 0.122 e. The first-order valence-electron chi connectivity index (χ1n) is 7.32. The van der Waals surface area contributed by atoms with E-state index < -0.39 is 0 Å². The second kappa shape index (κ2) is 5.51. The highest BCUT2D eigenvalue weighted by Gasteiger charge is 2.27. The fourth-order valence-electron chi connectivity index (χ4n) is 3.10. The number of benzene rings is 1. The predicted octanol–water partition coefficient (Wildman–Crippen LogP) is 1.87. The lowest BCUT2D eigenvalue weighted by atomic mass is 9.82. The molecule has 0 aromatic heterocycles. The molecule has 1 heterocycles. The summed E-state index contributed by atoms with van der Waals surface area (Å²) >= 11 is 0. The van der Waals surface area contributed by atoms with Crippen molar-refractivity contribution in [2.45, 2.75) is 31.8 Å². The Hall–Kier alpha value is -1.06. The van der Waals surface area contributed by atoms with Crippen molar-refractivity contribution in [3.05, 3.63) is 29.3 Å². The predicted molar refractivity (Wildman–Crippen MR) is 75.6 cm³/mol. The van der Waals surface area contributed by atoms with Gasteiger partial charge in [-0.3, -0.25) is 0 Å². The zero-order valence-electron chi connectivity index (χ0n) is 11.6. The number of fused-ring (bicyclic) bond motifs is 1. The summed E-state index contributed by atoms with van der Waals surface area (Å²) in [6, 6.07) is 6.59. The van der Waals surface area contributed by atoms with Crippen LogP contribution in [0.3, 0.4) is 0 Å². The number of rotatable bonds is 5. The summed E-state index contributed by atoms with van der Waals surface area (Å²) < 4.78 is 5.53. The molecule has 1 fully saturated rings. The van der Waals surface area contributed by atoms with E-state index in [1.165, 1.54) is 11.1 Å². The molecule has 3 heteroatoms. The molecule has 1 saturated carbocycles. The van der Waals surface area contributed by atoms with E-state index in [2.05, 4.69) is 30.1 Å². The highest BCUT2D eigenvalue weighted by atomic mass is 16.5. The molecule has 3 rings (SSSR count). The van der Waals surface area contributed by atoms with Crippen LogP contribution in [0.25, 0.3) is 0 Å². The Kier molecular flexibility index (Phi) is 3.76. The lowest BCUT2D eigenvalue weighted by molar-refractivity contribution is 0.0285. The van der Waals surface area contributed by atoms with Crippen LogP contribution < -0.4 is 4.74 Å². The summed E-state index contributed by atoms with van der Waals surface area (Å²) in [5, 5.41) is 9.30. The third-order valence-electron chi connectivity index (χ3n) is 4.32. The Morgan fingerprint density at radius 1 is 1.37 bits per heavy atom. The minimum Gasteiger partial charge on any atom is -0.493 e. The molecule has 1 aliphatic heterocycles. The van der Waals surface area contributed by atoms with Gasteiger partial charge in [0.25, 0.3) is 0 Å². The molecule has 19 heavy (non-hydrogen) atoms. The summed E-state index contributed by atoms with van der Waals surface area (Å²) in [5.74, 6) is 1.77. The van der Waals surface area contributed by atoms with E-state index in [0.717, 1.165) is 51.1 Å². The molecule has 0 amide bonds. The first-order valence-corrected chi connectivity index (χ1v) is 7.32. The standard InChI is InChI=1S/C16H23NO2/c1-17(11-13-9-15(18)10-13)6-4-12-2-3-16-14(8-12)5-7-19-16/h2-3,8,13,15,18H,4-7,9-11H2,1H3. The number of ether oxygens (including phenoxy) is 1. The molecule has 1 aromatic carbocycles. The molecule has 0 saturated heterocycles. The molecular formula is C16H23NO2. The molecule has 0 radical (unpaired) electrons. The summed E-state index contributed by atoms with van der Waals surface area (Å²) in [4.78, 5) is 2.39. The maximum absolute atomic E-state index is 9.30. The lowest BCUT2D eigenvalue weighted by Crippen LogP contribution is -2.37. The van der Waals surface area contributed by atoms with Crippen molar-refractivity contribution < 1.29 is 9.84 Å². The van der Waals surface area contributed by atoms with Crippen molar-refractivity contribution in [2.24, 2.45) is 5.92 Å². The van der Waals surface area contributed by atoms with Gasteiger partial charge in [-0.2, -0.15) is 0 Å². The van der Waals surface area contributed by atoms with Crippen LogP contribution >= 0.6 is 0 Å². The fourth-order valence-corrected chi connectivity index (χ4v) is 3.10.